The molecule has 1 saturated heterocycles. The Morgan fingerprint density at radius 1 is 1.33 bits per heavy atom. The zero-order valence-corrected chi connectivity index (χ0v) is 12.2. The largest absolute Gasteiger partial charge is 0.385 e. The molecule has 0 amide bonds. The van der Waals surface area contributed by atoms with Crippen LogP contribution in [0.3, 0.4) is 0 Å². The van der Waals surface area contributed by atoms with Crippen LogP contribution in [-0.4, -0.2) is 32.8 Å². The molecule has 1 fully saturated rings. The van der Waals surface area contributed by atoms with Gasteiger partial charge in [0.1, 0.15) is 0 Å². The molecule has 104 valence electrons. The van der Waals surface area contributed by atoms with Crippen LogP contribution in [0.1, 0.15) is 12.0 Å². The number of rotatable bonds is 4. The van der Waals surface area contributed by atoms with Gasteiger partial charge in [0.2, 0.25) is 0 Å². The van der Waals surface area contributed by atoms with Crippen LogP contribution < -0.4 is 11.1 Å². The molecule has 2 atom stereocenters. The fourth-order valence-corrected chi connectivity index (χ4v) is 2.57. The maximum absolute atomic E-state index is 6.27. The monoisotopic (exact) mass is 292 g/mol. The van der Waals surface area contributed by atoms with Crippen LogP contribution in [0.4, 0.5) is 0 Å². The second kappa shape index (κ2) is 7.97. The van der Waals surface area contributed by atoms with Crippen molar-refractivity contribution in [2.75, 3.05) is 26.8 Å². The van der Waals surface area contributed by atoms with Gasteiger partial charge in [-0.3, -0.25) is 0 Å². The highest BCUT2D eigenvalue weighted by molar-refractivity contribution is 5.85. The van der Waals surface area contributed by atoms with Gasteiger partial charge < -0.3 is 15.8 Å². The molecule has 18 heavy (non-hydrogen) atoms. The highest BCUT2D eigenvalue weighted by Crippen LogP contribution is 2.33. The quantitative estimate of drug-likeness (QED) is 0.889. The molecule has 0 radical (unpaired) electrons. The molecule has 0 bridgehead atoms. The fourth-order valence-electron chi connectivity index (χ4n) is 2.57. The van der Waals surface area contributed by atoms with Crippen molar-refractivity contribution in [2.45, 2.75) is 17.9 Å². The van der Waals surface area contributed by atoms with E-state index >= 15 is 0 Å². The van der Waals surface area contributed by atoms with Crippen molar-refractivity contribution in [3.05, 3.63) is 35.9 Å². The topological polar surface area (TPSA) is 47.3 Å². The van der Waals surface area contributed by atoms with Gasteiger partial charge in [-0.25, -0.2) is 0 Å². The van der Waals surface area contributed by atoms with E-state index in [2.05, 4.69) is 29.6 Å². The van der Waals surface area contributed by atoms with Crippen molar-refractivity contribution in [2.24, 2.45) is 5.73 Å². The van der Waals surface area contributed by atoms with Crippen LogP contribution in [0.25, 0.3) is 0 Å². The Morgan fingerprint density at radius 2 is 2.00 bits per heavy atom. The SMILES string of the molecule is COCCC1(c2ccccc2)CNCC1N.Cl.Cl. The first-order chi connectivity index (χ1) is 7.79. The van der Waals surface area contributed by atoms with E-state index in [-0.39, 0.29) is 36.3 Å². The fraction of sp³-hybridized carbons (Fsp3) is 0.538. The number of nitrogens with two attached hydrogens (primary N) is 1. The molecule has 1 aromatic carbocycles. The number of hydrogen-bond acceptors (Lipinski definition) is 3. The highest BCUT2D eigenvalue weighted by atomic mass is 35.5. The number of nitrogens with one attached hydrogen (secondary N) is 1. The minimum Gasteiger partial charge on any atom is -0.385 e. The van der Waals surface area contributed by atoms with Crippen LogP contribution in [-0.2, 0) is 10.2 Å². The summed E-state index contributed by atoms with van der Waals surface area (Å²) in [5.74, 6) is 0. The van der Waals surface area contributed by atoms with Gasteiger partial charge in [-0.2, -0.15) is 0 Å². The molecule has 0 aromatic heterocycles. The zero-order chi connectivity index (χ0) is 11.4. The van der Waals surface area contributed by atoms with Gasteiger partial charge in [0.05, 0.1) is 0 Å². The third-order valence-corrected chi connectivity index (χ3v) is 3.62. The normalized spacial score (nSPS) is 26.2. The van der Waals surface area contributed by atoms with Crippen LogP contribution in [0.5, 0.6) is 0 Å². The lowest BCUT2D eigenvalue weighted by molar-refractivity contribution is 0.166. The maximum Gasteiger partial charge on any atom is 0.0471 e. The molecule has 2 rings (SSSR count). The maximum atomic E-state index is 6.27. The van der Waals surface area contributed by atoms with E-state index in [0.29, 0.717) is 0 Å². The van der Waals surface area contributed by atoms with Crippen molar-refractivity contribution >= 4 is 24.8 Å². The average molecular weight is 293 g/mol. The van der Waals surface area contributed by atoms with E-state index < -0.39 is 0 Å². The third-order valence-electron chi connectivity index (χ3n) is 3.62. The van der Waals surface area contributed by atoms with Crippen LogP contribution in [0.15, 0.2) is 30.3 Å². The molecule has 1 heterocycles. The Kier molecular flexibility index (Phi) is 7.83. The Labute approximate surface area is 121 Å². The van der Waals surface area contributed by atoms with E-state index in [1.54, 1.807) is 7.11 Å². The van der Waals surface area contributed by atoms with E-state index in [4.69, 9.17) is 10.5 Å². The van der Waals surface area contributed by atoms with Gasteiger partial charge in [0.25, 0.3) is 0 Å². The molecule has 1 aliphatic heterocycles. The number of halogens is 2. The summed E-state index contributed by atoms with van der Waals surface area (Å²) in [6, 6.07) is 10.7. The van der Waals surface area contributed by atoms with Crippen LogP contribution in [0, 0.1) is 0 Å². The second-order valence-corrected chi connectivity index (χ2v) is 4.50. The average Bonchev–Trinajstić information content (AvgIpc) is 2.70. The molecule has 3 nitrogen and oxygen atoms in total. The van der Waals surface area contributed by atoms with Gasteiger partial charge in [-0.15, -0.1) is 24.8 Å². The van der Waals surface area contributed by atoms with E-state index in [1.165, 1.54) is 5.56 Å². The van der Waals surface area contributed by atoms with E-state index in [9.17, 15) is 0 Å². The summed E-state index contributed by atoms with van der Waals surface area (Å²) in [6.07, 6.45) is 0.974. The Bertz CT molecular complexity index is 337. The molecule has 1 aromatic rings. The highest BCUT2D eigenvalue weighted by Gasteiger charge is 2.41. The molecule has 0 spiro atoms. The number of ether oxygens (including phenoxy) is 1. The molecule has 0 aliphatic carbocycles. The van der Waals surface area contributed by atoms with Crippen molar-refractivity contribution < 1.29 is 4.74 Å². The van der Waals surface area contributed by atoms with Gasteiger partial charge in [0, 0.05) is 38.3 Å². The molecular weight excluding hydrogens is 271 g/mol. The van der Waals surface area contributed by atoms with Gasteiger partial charge in [-0.05, 0) is 12.0 Å². The number of methoxy groups -OCH3 is 1. The first-order valence-electron chi connectivity index (χ1n) is 5.80. The van der Waals surface area contributed by atoms with Crippen LogP contribution >= 0.6 is 24.8 Å². The Balaban J connectivity index is 0.00000144. The summed E-state index contributed by atoms with van der Waals surface area (Å²) in [5.41, 5.74) is 7.63. The van der Waals surface area contributed by atoms with Crippen molar-refractivity contribution in [1.29, 1.82) is 0 Å². The summed E-state index contributed by atoms with van der Waals surface area (Å²) >= 11 is 0. The molecule has 3 N–H and O–H groups in total. The first-order valence-corrected chi connectivity index (χ1v) is 5.80. The molecular formula is C13H22Cl2N2O. The zero-order valence-electron chi connectivity index (χ0n) is 10.6. The summed E-state index contributed by atoms with van der Waals surface area (Å²) in [7, 11) is 1.74. The predicted molar refractivity (Wildman–Crippen MR) is 80.0 cm³/mol. The minimum absolute atomic E-state index is 0. The lowest BCUT2D eigenvalue weighted by Crippen LogP contribution is -2.45. The smallest absolute Gasteiger partial charge is 0.0471 e. The van der Waals surface area contributed by atoms with Crippen molar-refractivity contribution in [3.63, 3.8) is 0 Å². The summed E-state index contributed by atoms with van der Waals surface area (Å²) in [5, 5.41) is 3.39. The molecule has 0 saturated carbocycles. The second-order valence-electron chi connectivity index (χ2n) is 4.50. The third kappa shape index (κ3) is 3.37. The predicted octanol–water partition coefficient (Wildman–Crippen LogP) is 1.73. The van der Waals surface area contributed by atoms with E-state index in [1.807, 2.05) is 6.07 Å². The van der Waals surface area contributed by atoms with Crippen molar-refractivity contribution in [1.82, 2.24) is 5.32 Å². The Morgan fingerprint density at radius 3 is 2.50 bits per heavy atom. The van der Waals surface area contributed by atoms with E-state index in [0.717, 1.165) is 26.1 Å². The Hall–Kier alpha value is -0.320. The first kappa shape index (κ1) is 17.7. The standard InChI is InChI=1S/C13H20N2O.2ClH/c1-16-8-7-13(10-15-9-12(13)14)11-5-3-2-4-6-11;;/h2-6,12,15H,7-10,14H2,1H3;2*1H. The summed E-state index contributed by atoms with van der Waals surface area (Å²) in [4.78, 5) is 0. The molecule has 5 heteroatoms. The number of hydrogen-bond donors (Lipinski definition) is 2. The summed E-state index contributed by atoms with van der Waals surface area (Å²) in [6.45, 7) is 2.59. The van der Waals surface area contributed by atoms with Gasteiger partial charge in [0.15, 0.2) is 0 Å². The van der Waals surface area contributed by atoms with Gasteiger partial charge >= 0.3 is 0 Å². The molecule has 1 aliphatic rings. The van der Waals surface area contributed by atoms with Crippen LogP contribution in [0.2, 0.25) is 0 Å². The summed E-state index contributed by atoms with van der Waals surface area (Å²) < 4.78 is 5.22. The lowest BCUT2D eigenvalue weighted by atomic mass is 9.74. The molecule has 2 unspecified atom stereocenters. The van der Waals surface area contributed by atoms with Gasteiger partial charge in [-0.1, -0.05) is 30.3 Å². The minimum atomic E-state index is 0. The lowest BCUT2D eigenvalue weighted by Gasteiger charge is -2.33. The number of benzene rings is 1. The van der Waals surface area contributed by atoms with Crippen molar-refractivity contribution in [3.8, 4) is 0 Å².